The molecule has 0 aliphatic rings. The largest absolute Gasteiger partial charge is 0.389 e. The van der Waals surface area contributed by atoms with Crippen molar-refractivity contribution in [3.8, 4) is 6.07 Å². The average Bonchev–Trinajstić information content (AvgIpc) is 2.60. The van der Waals surface area contributed by atoms with Crippen molar-refractivity contribution in [2.45, 2.75) is 13.3 Å². The summed E-state index contributed by atoms with van der Waals surface area (Å²) in [6.45, 7) is 2.18. The summed E-state index contributed by atoms with van der Waals surface area (Å²) >= 11 is 6.01. The lowest BCUT2D eigenvalue weighted by atomic mass is 10.1. The van der Waals surface area contributed by atoms with Gasteiger partial charge in [0.2, 0.25) is 0 Å². The van der Waals surface area contributed by atoms with Gasteiger partial charge in [0.25, 0.3) is 5.91 Å². The van der Waals surface area contributed by atoms with Gasteiger partial charge in [0.05, 0.1) is 0 Å². The molecule has 0 heterocycles. The van der Waals surface area contributed by atoms with Crippen LogP contribution in [0.25, 0.3) is 0 Å². The van der Waals surface area contributed by atoms with Crippen LogP contribution in [0, 0.1) is 24.1 Å². The van der Waals surface area contributed by atoms with Crippen LogP contribution in [0.3, 0.4) is 0 Å². The maximum atomic E-state index is 13.5. The van der Waals surface area contributed by atoms with Crippen LogP contribution >= 0.6 is 11.6 Å². The predicted octanol–water partition coefficient (Wildman–Crippen LogP) is 3.97. The molecule has 128 valence electrons. The van der Waals surface area contributed by atoms with Crippen molar-refractivity contribution in [1.82, 2.24) is 5.32 Å². The highest BCUT2D eigenvalue weighted by Gasteiger charge is 2.11. The van der Waals surface area contributed by atoms with Crippen LogP contribution in [-0.4, -0.2) is 12.5 Å². The van der Waals surface area contributed by atoms with Crippen LogP contribution in [0.15, 0.2) is 54.2 Å². The third kappa shape index (κ3) is 5.07. The molecule has 6 heteroatoms. The van der Waals surface area contributed by atoms with E-state index in [0.29, 0.717) is 29.2 Å². The van der Waals surface area contributed by atoms with E-state index in [1.807, 2.05) is 6.07 Å². The highest BCUT2D eigenvalue weighted by atomic mass is 35.5. The van der Waals surface area contributed by atoms with Crippen LogP contribution in [0.4, 0.5) is 10.1 Å². The van der Waals surface area contributed by atoms with Gasteiger partial charge in [-0.1, -0.05) is 35.9 Å². The molecule has 2 rings (SSSR count). The van der Waals surface area contributed by atoms with Crippen LogP contribution in [0.5, 0.6) is 0 Å². The summed E-state index contributed by atoms with van der Waals surface area (Å²) in [5.41, 5.74) is 1.76. The number of nitriles is 1. The molecule has 0 aliphatic carbocycles. The quantitative estimate of drug-likeness (QED) is 0.467. The molecule has 0 spiro atoms. The fourth-order valence-corrected chi connectivity index (χ4v) is 2.34. The van der Waals surface area contributed by atoms with Crippen molar-refractivity contribution in [3.63, 3.8) is 0 Å². The van der Waals surface area contributed by atoms with E-state index < -0.39 is 5.91 Å². The van der Waals surface area contributed by atoms with Gasteiger partial charge in [0.1, 0.15) is 17.5 Å². The Morgan fingerprint density at radius 2 is 2.04 bits per heavy atom. The van der Waals surface area contributed by atoms with E-state index >= 15 is 0 Å². The third-order valence-corrected chi connectivity index (χ3v) is 4.03. The summed E-state index contributed by atoms with van der Waals surface area (Å²) in [5.74, 6) is -0.811. The molecule has 0 saturated heterocycles. The van der Waals surface area contributed by atoms with E-state index in [2.05, 4.69) is 10.6 Å². The molecule has 2 N–H and O–H groups in total. The van der Waals surface area contributed by atoms with Crippen molar-refractivity contribution in [2.24, 2.45) is 0 Å². The Morgan fingerprint density at radius 1 is 1.28 bits per heavy atom. The zero-order valence-electron chi connectivity index (χ0n) is 13.6. The first-order chi connectivity index (χ1) is 12.0. The molecule has 2 aromatic rings. The number of hydrogen-bond acceptors (Lipinski definition) is 3. The maximum Gasteiger partial charge on any atom is 0.267 e. The van der Waals surface area contributed by atoms with Gasteiger partial charge in [-0.2, -0.15) is 5.26 Å². The molecule has 0 bridgehead atoms. The van der Waals surface area contributed by atoms with Gasteiger partial charge in [-0.25, -0.2) is 4.39 Å². The third-order valence-electron chi connectivity index (χ3n) is 3.62. The second kappa shape index (κ2) is 8.86. The fourth-order valence-electron chi connectivity index (χ4n) is 2.16. The van der Waals surface area contributed by atoms with Gasteiger partial charge in [-0.15, -0.1) is 0 Å². The molecule has 25 heavy (non-hydrogen) atoms. The standard InChI is InChI=1S/C19H17ClFN3O/c1-13-16(20)6-4-8-18(13)24-19(25)15(11-22)12-23-10-9-14-5-2-3-7-17(14)21/h2-8,12,23H,9-10H2,1H3,(H,24,25)/b15-12-. The lowest BCUT2D eigenvalue weighted by Gasteiger charge is -2.09. The van der Waals surface area contributed by atoms with Gasteiger partial charge in [0.15, 0.2) is 0 Å². The van der Waals surface area contributed by atoms with E-state index in [-0.39, 0.29) is 11.4 Å². The molecule has 0 radical (unpaired) electrons. The number of hydrogen-bond donors (Lipinski definition) is 2. The second-order valence-electron chi connectivity index (χ2n) is 5.33. The first-order valence-corrected chi connectivity index (χ1v) is 8.04. The first kappa shape index (κ1) is 18.5. The number of carbonyl (C=O) groups excluding carboxylic acids is 1. The van der Waals surface area contributed by atoms with Gasteiger partial charge < -0.3 is 10.6 Å². The highest BCUT2D eigenvalue weighted by molar-refractivity contribution is 6.31. The Morgan fingerprint density at radius 3 is 2.76 bits per heavy atom. The van der Waals surface area contributed by atoms with Crippen molar-refractivity contribution >= 4 is 23.2 Å². The molecular weight excluding hydrogens is 341 g/mol. The molecule has 0 saturated carbocycles. The molecule has 0 aliphatic heterocycles. The normalized spacial score (nSPS) is 10.9. The SMILES string of the molecule is Cc1c(Cl)cccc1NC(=O)/C(C#N)=C\NCCc1ccccc1F. The number of nitrogens with one attached hydrogen (secondary N) is 2. The maximum absolute atomic E-state index is 13.5. The minimum atomic E-state index is -0.536. The summed E-state index contributed by atoms with van der Waals surface area (Å²) in [4.78, 5) is 12.2. The van der Waals surface area contributed by atoms with Crippen molar-refractivity contribution in [1.29, 1.82) is 5.26 Å². The number of rotatable bonds is 6. The van der Waals surface area contributed by atoms with Crippen LogP contribution in [0.2, 0.25) is 5.02 Å². The van der Waals surface area contributed by atoms with Crippen molar-refractivity contribution in [3.05, 3.63) is 76.2 Å². The Bertz CT molecular complexity index is 843. The number of halogens is 2. The summed E-state index contributed by atoms with van der Waals surface area (Å²) < 4.78 is 13.5. The fraction of sp³-hybridized carbons (Fsp3) is 0.158. The molecule has 0 aromatic heterocycles. The predicted molar refractivity (Wildman–Crippen MR) is 96.6 cm³/mol. The van der Waals surface area contributed by atoms with E-state index in [9.17, 15) is 9.18 Å². The van der Waals surface area contributed by atoms with Crippen molar-refractivity contribution in [2.75, 3.05) is 11.9 Å². The zero-order chi connectivity index (χ0) is 18.2. The van der Waals surface area contributed by atoms with E-state index in [1.54, 1.807) is 43.3 Å². The number of benzene rings is 2. The van der Waals surface area contributed by atoms with Gasteiger partial charge in [-0.3, -0.25) is 4.79 Å². The van der Waals surface area contributed by atoms with Crippen molar-refractivity contribution < 1.29 is 9.18 Å². The molecule has 0 fully saturated rings. The minimum absolute atomic E-state index is 0.0760. The molecule has 0 unspecified atom stereocenters. The lowest BCUT2D eigenvalue weighted by Crippen LogP contribution is -2.18. The van der Waals surface area contributed by atoms with E-state index in [4.69, 9.17) is 16.9 Å². The average molecular weight is 358 g/mol. The molecule has 0 atom stereocenters. The number of carbonyl (C=O) groups is 1. The highest BCUT2D eigenvalue weighted by Crippen LogP contribution is 2.23. The Kier molecular flexibility index (Phi) is 6.55. The summed E-state index contributed by atoms with van der Waals surface area (Å²) in [7, 11) is 0. The van der Waals surface area contributed by atoms with Crippen LogP contribution in [0.1, 0.15) is 11.1 Å². The molecule has 2 aromatic carbocycles. The Labute approximate surface area is 150 Å². The first-order valence-electron chi connectivity index (χ1n) is 7.66. The lowest BCUT2D eigenvalue weighted by molar-refractivity contribution is -0.112. The van der Waals surface area contributed by atoms with Gasteiger partial charge in [-0.05, 0) is 42.7 Å². The number of amides is 1. The topological polar surface area (TPSA) is 64.9 Å². The summed E-state index contributed by atoms with van der Waals surface area (Å²) in [6, 6.07) is 13.5. The number of anilines is 1. The van der Waals surface area contributed by atoms with E-state index in [0.717, 1.165) is 5.56 Å². The molecule has 1 amide bonds. The molecular formula is C19H17ClFN3O. The van der Waals surface area contributed by atoms with Crippen LogP contribution < -0.4 is 10.6 Å². The monoisotopic (exact) mass is 357 g/mol. The summed E-state index contributed by atoms with van der Waals surface area (Å²) in [5, 5.41) is 15.2. The van der Waals surface area contributed by atoms with E-state index in [1.165, 1.54) is 12.3 Å². The Balaban J connectivity index is 1.95. The minimum Gasteiger partial charge on any atom is -0.389 e. The molecule has 4 nitrogen and oxygen atoms in total. The number of nitrogens with zero attached hydrogens (tertiary/aromatic N) is 1. The zero-order valence-corrected chi connectivity index (χ0v) is 14.4. The Hall–Kier alpha value is -2.84. The smallest absolute Gasteiger partial charge is 0.267 e. The second-order valence-corrected chi connectivity index (χ2v) is 5.74. The van der Waals surface area contributed by atoms with Gasteiger partial charge >= 0.3 is 0 Å². The van der Waals surface area contributed by atoms with Crippen LogP contribution in [-0.2, 0) is 11.2 Å². The summed E-state index contributed by atoms with van der Waals surface area (Å²) in [6.07, 6.45) is 1.77. The van der Waals surface area contributed by atoms with Gasteiger partial charge in [0, 0.05) is 23.5 Å².